The summed E-state index contributed by atoms with van der Waals surface area (Å²) in [7, 11) is 1.43. The number of ether oxygens (including phenoxy) is 1. The van der Waals surface area contributed by atoms with E-state index in [2.05, 4.69) is 10.2 Å². The van der Waals surface area contributed by atoms with Crippen LogP contribution in [0.1, 0.15) is 18.9 Å². The van der Waals surface area contributed by atoms with E-state index in [1.807, 2.05) is 13.0 Å². The zero-order chi connectivity index (χ0) is 19.1. The third-order valence-electron chi connectivity index (χ3n) is 3.95. The highest BCUT2D eigenvalue weighted by atomic mass is 35.5. The van der Waals surface area contributed by atoms with Gasteiger partial charge in [-0.2, -0.15) is 0 Å². The zero-order valence-corrected chi connectivity index (χ0v) is 16.2. The zero-order valence-electron chi connectivity index (χ0n) is 14.7. The number of carbonyl (C=O) groups is 1. The molecule has 1 N–H and O–H groups in total. The summed E-state index contributed by atoms with van der Waals surface area (Å²) < 4.78 is 18.7. The topological polar surface area (TPSA) is 41.6 Å². The molecule has 0 bridgehead atoms. The first kappa shape index (κ1) is 20.5. The van der Waals surface area contributed by atoms with E-state index in [1.165, 1.54) is 13.2 Å². The summed E-state index contributed by atoms with van der Waals surface area (Å²) in [6, 6.07) is 9.91. The van der Waals surface area contributed by atoms with Crippen LogP contribution in [0, 0.1) is 5.82 Å². The Balaban J connectivity index is 1.92. The van der Waals surface area contributed by atoms with Crippen molar-refractivity contribution in [3.8, 4) is 5.75 Å². The standard InChI is InChI=1S/C19H21Cl2FN2O2/c1-3-24(12-13-7-8-17(26-2)16(22)11-13)10-9-18(25)23-19-14(20)5-4-6-15(19)21/h4-8,11H,3,9-10,12H2,1-2H3,(H,23,25). The van der Waals surface area contributed by atoms with Gasteiger partial charge in [0.15, 0.2) is 11.6 Å². The molecule has 0 saturated carbocycles. The molecule has 0 aliphatic carbocycles. The van der Waals surface area contributed by atoms with Crippen LogP contribution in [-0.2, 0) is 11.3 Å². The maximum absolute atomic E-state index is 13.8. The average molecular weight is 399 g/mol. The molecule has 26 heavy (non-hydrogen) atoms. The van der Waals surface area contributed by atoms with Crippen molar-refractivity contribution < 1.29 is 13.9 Å². The minimum atomic E-state index is -0.396. The number of para-hydroxylation sites is 1. The van der Waals surface area contributed by atoms with E-state index in [0.29, 0.717) is 28.8 Å². The quantitative estimate of drug-likeness (QED) is 0.680. The van der Waals surface area contributed by atoms with Gasteiger partial charge in [-0.3, -0.25) is 9.69 Å². The number of amides is 1. The number of methoxy groups -OCH3 is 1. The second kappa shape index (κ2) is 9.76. The Bertz CT molecular complexity index is 751. The molecule has 0 atom stereocenters. The summed E-state index contributed by atoms with van der Waals surface area (Å²) in [6.45, 7) is 3.78. The van der Waals surface area contributed by atoms with Crippen LogP contribution in [0.5, 0.6) is 5.75 Å². The molecule has 0 unspecified atom stereocenters. The Morgan fingerprint density at radius 1 is 1.23 bits per heavy atom. The van der Waals surface area contributed by atoms with Crippen molar-refractivity contribution >= 4 is 34.8 Å². The number of halogens is 3. The molecule has 0 heterocycles. The van der Waals surface area contributed by atoms with Gasteiger partial charge in [-0.25, -0.2) is 4.39 Å². The first-order valence-corrected chi connectivity index (χ1v) is 8.98. The highest BCUT2D eigenvalue weighted by Crippen LogP contribution is 2.29. The third kappa shape index (κ3) is 5.59. The van der Waals surface area contributed by atoms with Crippen molar-refractivity contribution in [2.45, 2.75) is 19.9 Å². The van der Waals surface area contributed by atoms with Crippen LogP contribution in [0.2, 0.25) is 10.0 Å². The van der Waals surface area contributed by atoms with Crippen LogP contribution >= 0.6 is 23.2 Å². The maximum Gasteiger partial charge on any atom is 0.225 e. The molecule has 2 rings (SSSR count). The monoisotopic (exact) mass is 398 g/mol. The van der Waals surface area contributed by atoms with Gasteiger partial charge < -0.3 is 10.1 Å². The second-order valence-corrected chi connectivity index (χ2v) is 6.55. The molecule has 0 spiro atoms. The lowest BCUT2D eigenvalue weighted by atomic mass is 10.2. The fraction of sp³-hybridized carbons (Fsp3) is 0.316. The summed E-state index contributed by atoms with van der Waals surface area (Å²) >= 11 is 12.1. The number of benzene rings is 2. The Hall–Kier alpha value is -1.82. The summed E-state index contributed by atoms with van der Waals surface area (Å²) in [4.78, 5) is 14.2. The number of carbonyl (C=O) groups excluding carboxylic acids is 1. The Morgan fingerprint density at radius 3 is 2.50 bits per heavy atom. The van der Waals surface area contributed by atoms with Crippen LogP contribution in [-0.4, -0.2) is 31.0 Å². The highest BCUT2D eigenvalue weighted by Gasteiger charge is 2.12. The molecule has 2 aromatic carbocycles. The van der Waals surface area contributed by atoms with Crippen LogP contribution in [0.4, 0.5) is 10.1 Å². The van der Waals surface area contributed by atoms with Crippen molar-refractivity contribution in [3.63, 3.8) is 0 Å². The molecule has 0 aromatic heterocycles. The molecular formula is C19H21Cl2FN2O2. The largest absolute Gasteiger partial charge is 0.494 e. The minimum absolute atomic E-state index is 0.181. The van der Waals surface area contributed by atoms with E-state index in [4.69, 9.17) is 27.9 Å². The van der Waals surface area contributed by atoms with Gasteiger partial charge in [0.2, 0.25) is 5.91 Å². The van der Waals surface area contributed by atoms with Crippen LogP contribution < -0.4 is 10.1 Å². The molecular weight excluding hydrogens is 378 g/mol. The molecule has 140 valence electrons. The first-order chi connectivity index (χ1) is 12.4. The van der Waals surface area contributed by atoms with Crippen molar-refractivity contribution in [1.29, 1.82) is 0 Å². The van der Waals surface area contributed by atoms with Crippen molar-refractivity contribution in [2.24, 2.45) is 0 Å². The molecule has 4 nitrogen and oxygen atoms in total. The predicted molar refractivity (Wildman–Crippen MR) is 104 cm³/mol. The molecule has 1 amide bonds. The molecule has 0 radical (unpaired) electrons. The Morgan fingerprint density at radius 2 is 1.92 bits per heavy atom. The number of rotatable bonds is 8. The summed E-state index contributed by atoms with van der Waals surface area (Å²) in [6.07, 6.45) is 0.272. The van der Waals surface area contributed by atoms with E-state index in [9.17, 15) is 9.18 Å². The number of anilines is 1. The minimum Gasteiger partial charge on any atom is -0.494 e. The number of nitrogens with zero attached hydrogens (tertiary/aromatic N) is 1. The lowest BCUT2D eigenvalue weighted by molar-refractivity contribution is -0.116. The van der Waals surface area contributed by atoms with Gasteiger partial charge in [0.25, 0.3) is 0 Å². The fourth-order valence-electron chi connectivity index (χ4n) is 2.49. The van der Waals surface area contributed by atoms with Gasteiger partial charge >= 0.3 is 0 Å². The van der Waals surface area contributed by atoms with Gasteiger partial charge in [0.05, 0.1) is 22.8 Å². The summed E-state index contributed by atoms with van der Waals surface area (Å²) in [5.74, 6) is -0.362. The summed E-state index contributed by atoms with van der Waals surface area (Å²) in [5, 5.41) is 3.53. The van der Waals surface area contributed by atoms with Crippen molar-refractivity contribution in [2.75, 3.05) is 25.5 Å². The van der Waals surface area contributed by atoms with Gasteiger partial charge in [-0.1, -0.05) is 42.3 Å². The maximum atomic E-state index is 13.8. The normalized spacial score (nSPS) is 10.8. The lowest BCUT2D eigenvalue weighted by Crippen LogP contribution is -2.27. The first-order valence-electron chi connectivity index (χ1n) is 8.23. The Labute approximate surface area is 162 Å². The van der Waals surface area contributed by atoms with Crippen LogP contribution in [0.25, 0.3) is 0 Å². The fourth-order valence-corrected chi connectivity index (χ4v) is 2.99. The molecule has 0 saturated heterocycles. The van der Waals surface area contributed by atoms with Gasteiger partial charge in [-0.05, 0) is 36.4 Å². The van der Waals surface area contributed by atoms with Gasteiger partial charge in [0.1, 0.15) is 0 Å². The number of hydrogen-bond acceptors (Lipinski definition) is 3. The third-order valence-corrected chi connectivity index (χ3v) is 4.58. The van der Waals surface area contributed by atoms with E-state index in [1.54, 1.807) is 24.3 Å². The Kier molecular flexibility index (Phi) is 7.69. The predicted octanol–water partition coefficient (Wildman–Crippen LogP) is 4.99. The SMILES string of the molecule is CCN(CCC(=O)Nc1c(Cl)cccc1Cl)Cc1ccc(OC)c(F)c1. The molecule has 0 aliphatic heterocycles. The van der Waals surface area contributed by atoms with Gasteiger partial charge in [0, 0.05) is 19.5 Å². The van der Waals surface area contributed by atoms with Crippen LogP contribution in [0.3, 0.4) is 0 Å². The molecule has 7 heteroatoms. The molecule has 2 aromatic rings. The highest BCUT2D eigenvalue weighted by molar-refractivity contribution is 6.39. The smallest absolute Gasteiger partial charge is 0.225 e. The number of hydrogen-bond donors (Lipinski definition) is 1. The van der Waals surface area contributed by atoms with Crippen molar-refractivity contribution in [3.05, 3.63) is 57.8 Å². The van der Waals surface area contributed by atoms with Crippen LogP contribution in [0.15, 0.2) is 36.4 Å². The second-order valence-electron chi connectivity index (χ2n) is 5.73. The lowest BCUT2D eigenvalue weighted by Gasteiger charge is -2.20. The van der Waals surface area contributed by atoms with E-state index in [0.717, 1.165) is 12.1 Å². The van der Waals surface area contributed by atoms with Crippen molar-refractivity contribution in [1.82, 2.24) is 4.90 Å². The molecule has 0 fully saturated rings. The van der Waals surface area contributed by atoms with E-state index in [-0.39, 0.29) is 18.1 Å². The average Bonchev–Trinajstić information content (AvgIpc) is 2.62. The van der Waals surface area contributed by atoms with E-state index < -0.39 is 5.82 Å². The summed E-state index contributed by atoms with van der Waals surface area (Å²) in [5.41, 5.74) is 1.24. The molecule has 0 aliphatic rings. The van der Waals surface area contributed by atoms with Gasteiger partial charge in [-0.15, -0.1) is 0 Å². The van der Waals surface area contributed by atoms with E-state index >= 15 is 0 Å². The number of nitrogens with one attached hydrogen (secondary N) is 1.